The van der Waals surface area contributed by atoms with Gasteiger partial charge in [0.1, 0.15) is 17.4 Å². The van der Waals surface area contributed by atoms with Gasteiger partial charge < -0.3 is 0 Å². The Kier molecular flexibility index (Phi) is 11.4. The monoisotopic (exact) mass is 527 g/mol. The summed E-state index contributed by atoms with van der Waals surface area (Å²) in [6, 6.07) is 22.5. The van der Waals surface area contributed by atoms with Gasteiger partial charge in [0.05, 0.1) is 10.9 Å². The fraction of sp³-hybridized carbons (Fsp3) is 0.294. The molecule has 1 aromatic heterocycles. The molecule has 1 fully saturated rings. The molecule has 0 radical (unpaired) electrons. The Morgan fingerprint density at radius 1 is 0.692 bits per heavy atom. The van der Waals surface area contributed by atoms with E-state index in [9.17, 15) is 18.8 Å². The topological polar surface area (TPSA) is 64.1 Å². The number of aryl methyl sites for hydroxylation is 4. The average Bonchev–Trinajstić information content (AvgIpc) is 3.72. The van der Waals surface area contributed by atoms with Gasteiger partial charge in [-0.25, -0.2) is 4.39 Å². The van der Waals surface area contributed by atoms with E-state index in [1.807, 2.05) is 38.1 Å². The smallest absolute Gasteiger partial charge is 0.159 e. The molecule has 1 heterocycles. The second-order valence-corrected chi connectivity index (χ2v) is 10.1. The molecule has 5 heteroatoms. The van der Waals surface area contributed by atoms with Crippen molar-refractivity contribution < 1.29 is 18.8 Å². The van der Waals surface area contributed by atoms with Crippen molar-refractivity contribution in [3.8, 4) is 0 Å². The van der Waals surface area contributed by atoms with Crippen LogP contribution in [0.1, 0.15) is 66.2 Å². The fourth-order valence-corrected chi connectivity index (χ4v) is 3.76. The van der Waals surface area contributed by atoms with Gasteiger partial charge in [-0.15, -0.1) is 0 Å². The fourth-order valence-electron chi connectivity index (χ4n) is 3.76. The van der Waals surface area contributed by atoms with Crippen LogP contribution in [0.25, 0.3) is 10.9 Å². The van der Waals surface area contributed by atoms with Crippen LogP contribution >= 0.6 is 0 Å². The predicted octanol–water partition coefficient (Wildman–Crippen LogP) is 8.13. The van der Waals surface area contributed by atoms with E-state index in [1.165, 1.54) is 42.7 Å². The lowest BCUT2D eigenvalue weighted by molar-refractivity contribution is -0.132. The highest BCUT2D eigenvalue weighted by Gasteiger charge is 2.51. The number of hydrogen-bond donors (Lipinski definition) is 0. The van der Waals surface area contributed by atoms with E-state index in [2.05, 4.69) is 43.1 Å². The molecule has 4 aromatic rings. The molecule has 0 bridgehead atoms. The number of nitrogens with zero attached hydrogens (tertiary/aromatic N) is 1. The van der Waals surface area contributed by atoms with Crippen molar-refractivity contribution in [1.29, 1.82) is 0 Å². The van der Waals surface area contributed by atoms with Gasteiger partial charge in [-0.05, 0) is 91.1 Å². The zero-order valence-electron chi connectivity index (χ0n) is 24.0. The number of carbonyl (C=O) groups is 3. The van der Waals surface area contributed by atoms with E-state index in [0.29, 0.717) is 0 Å². The van der Waals surface area contributed by atoms with Crippen molar-refractivity contribution in [1.82, 2.24) is 4.98 Å². The molecular formula is C34H38FNO3. The Labute approximate surface area is 231 Å². The van der Waals surface area contributed by atoms with Crippen molar-refractivity contribution in [2.45, 2.75) is 61.3 Å². The Bertz CT molecular complexity index is 1320. The summed E-state index contributed by atoms with van der Waals surface area (Å²) in [6.07, 6.45) is 3.32. The summed E-state index contributed by atoms with van der Waals surface area (Å²) >= 11 is 0. The van der Waals surface area contributed by atoms with E-state index in [4.69, 9.17) is 0 Å². The van der Waals surface area contributed by atoms with Crippen LogP contribution in [0.2, 0.25) is 0 Å². The first kappa shape index (κ1) is 31.2. The van der Waals surface area contributed by atoms with Gasteiger partial charge >= 0.3 is 0 Å². The van der Waals surface area contributed by atoms with Crippen LogP contribution in [0.4, 0.5) is 4.39 Å². The number of fused-ring (bicyclic) bond motifs is 1. The lowest BCUT2D eigenvalue weighted by Gasteiger charge is -2.02. The molecule has 1 saturated carbocycles. The maximum atomic E-state index is 12.1. The summed E-state index contributed by atoms with van der Waals surface area (Å²) in [5.74, 6) is -0.0178. The van der Waals surface area contributed by atoms with Crippen LogP contribution in [-0.2, 0) is 9.59 Å². The maximum Gasteiger partial charge on any atom is 0.159 e. The van der Waals surface area contributed by atoms with Gasteiger partial charge in [-0.1, -0.05) is 65.2 Å². The Morgan fingerprint density at radius 3 is 1.51 bits per heavy atom. The largest absolute Gasteiger partial charge is 0.299 e. The van der Waals surface area contributed by atoms with Crippen molar-refractivity contribution in [2.75, 3.05) is 0 Å². The van der Waals surface area contributed by atoms with Crippen molar-refractivity contribution >= 4 is 28.3 Å². The van der Waals surface area contributed by atoms with Crippen LogP contribution in [0.15, 0.2) is 79.0 Å². The minimum Gasteiger partial charge on any atom is -0.299 e. The van der Waals surface area contributed by atoms with E-state index in [-0.39, 0.29) is 23.2 Å². The summed E-state index contributed by atoms with van der Waals surface area (Å²) in [7, 11) is 0. The molecule has 0 unspecified atom stereocenters. The number of halogens is 1. The first-order valence-electron chi connectivity index (χ1n) is 13.0. The third kappa shape index (κ3) is 9.68. The molecule has 4 nitrogen and oxygen atoms in total. The number of carbonyl (C=O) groups excluding carboxylic acids is 3. The zero-order valence-corrected chi connectivity index (χ0v) is 24.0. The minimum absolute atomic E-state index is 0.0370. The highest BCUT2D eigenvalue weighted by Crippen LogP contribution is 2.47. The SMILES string of the molecule is CC(=O)C1(C(C)=O)CC1.CC(=O)c1ccc2c(C)ccnc2c1.Cc1ccc(C)cc1.Cc1ccc(F)cc1. The molecule has 0 amide bonds. The molecule has 1 aliphatic carbocycles. The van der Waals surface area contributed by atoms with Crippen LogP contribution in [0.3, 0.4) is 0 Å². The Morgan fingerprint density at radius 2 is 1.15 bits per heavy atom. The lowest BCUT2D eigenvalue weighted by atomic mass is 9.98. The Balaban J connectivity index is 0.000000189. The molecule has 5 rings (SSSR count). The average molecular weight is 528 g/mol. The third-order valence-corrected chi connectivity index (χ3v) is 6.69. The first-order chi connectivity index (χ1) is 18.4. The van der Waals surface area contributed by atoms with Crippen LogP contribution < -0.4 is 0 Å². The summed E-state index contributed by atoms with van der Waals surface area (Å²) in [6.45, 7) is 12.7. The third-order valence-electron chi connectivity index (χ3n) is 6.69. The van der Waals surface area contributed by atoms with Gasteiger partial charge in [0.25, 0.3) is 0 Å². The highest BCUT2D eigenvalue weighted by atomic mass is 19.1. The van der Waals surface area contributed by atoms with Crippen LogP contribution in [0.5, 0.6) is 0 Å². The van der Waals surface area contributed by atoms with Gasteiger partial charge in [-0.2, -0.15) is 0 Å². The van der Waals surface area contributed by atoms with Crippen LogP contribution in [-0.4, -0.2) is 22.3 Å². The molecule has 0 aliphatic heterocycles. The zero-order chi connectivity index (χ0) is 29.2. The first-order valence-corrected chi connectivity index (χ1v) is 13.0. The lowest BCUT2D eigenvalue weighted by Crippen LogP contribution is -2.20. The number of aromatic nitrogens is 1. The Hall–Kier alpha value is -3.99. The number of rotatable bonds is 3. The number of benzene rings is 3. The van der Waals surface area contributed by atoms with Gasteiger partial charge in [0.15, 0.2) is 5.78 Å². The number of ketones is 3. The minimum atomic E-state index is -0.528. The van der Waals surface area contributed by atoms with Crippen LogP contribution in [0, 0.1) is 38.9 Å². The number of Topliss-reactive ketones (excluding diaryl/α,β-unsaturated/α-hetero) is 3. The predicted molar refractivity (Wildman–Crippen MR) is 157 cm³/mol. The highest BCUT2D eigenvalue weighted by molar-refractivity contribution is 6.07. The summed E-state index contributed by atoms with van der Waals surface area (Å²) < 4.78 is 12.1. The molecule has 39 heavy (non-hydrogen) atoms. The van der Waals surface area contributed by atoms with E-state index in [1.54, 1.807) is 25.3 Å². The number of hydrogen-bond acceptors (Lipinski definition) is 4. The van der Waals surface area contributed by atoms with Gasteiger partial charge in [0, 0.05) is 17.1 Å². The molecule has 204 valence electrons. The van der Waals surface area contributed by atoms with Crippen molar-refractivity contribution in [3.63, 3.8) is 0 Å². The quantitative estimate of drug-likeness (QED) is 0.199. The number of pyridine rings is 1. The summed E-state index contributed by atoms with van der Waals surface area (Å²) in [4.78, 5) is 36.9. The standard InChI is InChI=1S/C12H11NO.C8H10.C7H7F.C7H10O2/c1-8-5-6-13-12-7-10(9(2)14)3-4-11(8)12;1-7-3-5-8(2)6-4-7;1-6-2-4-7(8)5-3-6;1-5(8)7(3-4-7)6(2)9/h3-7H,1-2H3;3-6H,1-2H3;2-5H,1H3;3-4H2,1-2H3. The van der Waals surface area contributed by atoms with Gasteiger partial charge in [0.2, 0.25) is 0 Å². The second kappa shape index (κ2) is 14.2. The molecule has 0 spiro atoms. The van der Waals surface area contributed by atoms with E-state index in [0.717, 1.165) is 34.9 Å². The van der Waals surface area contributed by atoms with E-state index >= 15 is 0 Å². The summed E-state index contributed by atoms with van der Waals surface area (Å²) in [5, 5.41) is 1.11. The van der Waals surface area contributed by atoms with Crippen molar-refractivity contribution in [3.05, 3.63) is 113 Å². The molecule has 3 aromatic carbocycles. The normalized spacial score (nSPS) is 12.4. The van der Waals surface area contributed by atoms with Gasteiger partial charge in [-0.3, -0.25) is 19.4 Å². The summed E-state index contributed by atoms with van der Waals surface area (Å²) in [5.41, 5.74) is 6.01. The molecule has 0 atom stereocenters. The van der Waals surface area contributed by atoms with Crippen molar-refractivity contribution in [2.24, 2.45) is 5.41 Å². The molecule has 0 saturated heterocycles. The molecule has 0 N–H and O–H groups in total. The second-order valence-electron chi connectivity index (χ2n) is 10.1. The molecular weight excluding hydrogens is 489 g/mol. The van der Waals surface area contributed by atoms with E-state index < -0.39 is 5.41 Å². The molecule has 1 aliphatic rings. The maximum absolute atomic E-state index is 12.1.